The van der Waals surface area contributed by atoms with Crippen LogP contribution < -0.4 is 4.72 Å². The number of hydrogen-bond donors (Lipinski definition) is 2. The molecule has 2 N–H and O–H groups in total. The van der Waals surface area contributed by atoms with Gasteiger partial charge in [0.25, 0.3) is 10.0 Å². The van der Waals surface area contributed by atoms with Crippen LogP contribution in [0.5, 0.6) is 0 Å². The predicted molar refractivity (Wildman–Crippen MR) is 80.1 cm³/mol. The van der Waals surface area contributed by atoms with Crippen LogP contribution in [0.3, 0.4) is 0 Å². The highest BCUT2D eigenvalue weighted by Crippen LogP contribution is 2.22. The topological polar surface area (TPSA) is 83.5 Å². The zero-order valence-electron chi connectivity index (χ0n) is 11.9. The van der Waals surface area contributed by atoms with E-state index in [1.54, 1.807) is 6.92 Å². The minimum absolute atomic E-state index is 0.0291. The second-order valence-electron chi connectivity index (χ2n) is 4.85. The molecule has 0 saturated carbocycles. The van der Waals surface area contributed by atoms with Gasteiger partial charge in [0.1, 0.15) is 5.82 Å². The van der Waals surface area contributed by atoms with Crippen LogP contribution in [0.2, 0.25) is 0 Å². The van der Waals surface area contributed by atoms with Crippen LogP contribution in [-0.2, 0) is 10.0 Å². The fourth-order valence-electron chi connectivity index (χ4n) is 1.85. The van der Waals surface area contributed by atoms with Gasteiger partial charge in [-0.2, -0.15) is 0 Å². The van der Waals surface area contributed by atoms with Crippen molar-refractivity contribution < 1.29 is 22.7 Å². The minimum Gasteiger partial charge on any atom is -0.478 e. The number of halogens is 1. The number of benzene rings is 2. The van der Waals surface area contributed by atoms with Crippen molar-refractivity contribution >= 4 is 21.7 Å². The van der Waals surface area contributed by atoms with Gasteiger partial charge in [0.15, 0.2) is 0 Å². The summed E-state index contributed by atoms with van der Waals surface area (Å²) in [6.07, 6.45) is 0. The molecule has 0 amide bonds. The number of aryl methyl sites for hydroxylation is 2. The Kier molecular flexibility index (Phi) is 4.18. The summed E-state index contributed by atoms with van der Waals surface area (Å²) in [5.74, 6) is -1.65. The first-order chi connectivity index (χ1) is 10.2. The molecule has 0 heterocycles. The number of aromatic carboxylic acids is 1. The van der Waals surface area contributed by atoms with Crippen molar-refractivity contribution in [3.05, 3.63) is 58.9 Å². The van der Waals surface area contributed by atoms with Gasteiger partial charge in [0.2, 0.25) is 0 Å². The molecule has 0 aromatic heterocycles. The Bertz CT molecular complexity index is 847. The molecule has 7 heteroatoms. The quantitative estimate of drug-likeness (QED) is 0.906. The monoisotopic (exact) mass is 323 g/mol. The molecule has 2 aromatic rings. The molecule has 0 saturated heterocycles. The Hall–Kier alpha value is -2.41. The number of rotatable bonds is 4. The Balaban J connectivity index is 2.42. The summed E-state index contributed by atoms with van der Waals surface area (Å²) in [6, 6.07) is 7.58. The lowest BCUT2D eigenvalue weighted by molar-refractivity contribution is 0.0697. The van der Waals surface area contributed by atoms with Crippen LogP contribution in [0, 0.1) is 19.7 Å². The summed E-state index contributed by atoms with van der Waals surface area (Å²) in [7, 11) is -3.93. The molecule has 0 bridgehead atoms. The van der Waals surface area contributed by atoms with Gasteiger partial charge < -0.3 is 5.11 Å². The Morgan fingerprint density at radius 1 is 1.09 bits per heavy atom. The normalized spacial score (nSPS) is 11.2. The molecule has 0 radical (unpaired) electrons. The summed E-state index contributed by atoms with van der Waals surface area (Å²) >= 11 is 0. The predicted octanol–water partition coefficient (Wildman–Crippen LogP) is 2.94. The number of carbonyl (C=O) groups is 1. The van der Waals surface area contributed by atoms with Crippen molar-refractivity contribution in [2.75, 3.05) is 4.72 Å². The van der Waals surface area contributed by atoms with E-state index in [9.17, 15) is 17.6 Å². The van der Waals surface area contributed by atoms with Crippen molar-refractivity contribution in [3.8, 4) is 0 Å². The van der Waals surface area contributed by atoms with Crippen LogP contribution in [0.4, 0.5) is 10.1 Å². The smallest absolute Gasteiger partial charge is 0.335 e. The van der Waals surface area contributed by atoms with Crippen molar-refractivity contribution in [3.63, 3.8) is 0 Å². The van der Waals surface area contributed by atoms with E-state index in [0.29, 0.717) is 5.56 Å². The second kappa shape index (κ2) is 5.76. The number of hydrogen-bond acceptors (Lipinski definition) is 3. The maximum absolute atomic E-state index is 13.2. The van der Waals surface area contributed by atoms with Crippen molar-refractivity contribution in [2.24, 2.45) is 0 Å². The number of nitrogens with one attached hydrogen (secondary N) is 1. The van der Waals surface area contributed by atoms with Gasteiger partial charge in [0, 0.05) is 0 Å². The van der Waals surface area contributed by atoms with Crippen LogP contribution in [0.15, 0.2) is 41.3 Å². The summed E-state index contributed by atoms with van der Waals surface area (Å²) in [5, 5.41) is 8.96. The standard InChI is InChI=1S/C15H14FNO4S/c1-9-3-4-11(15(18)19)8-14(9)17-22(20,21)12-5-6-13(16)10(2)7-12/h3-8,17H,1-2H3,(H,18,19). The lowest BCUT2D eigenvalue weighted by Crippen LogP contribution is -2.14. The maximum Gasteiger partial charge on any atom is 0.335 e. The second-order valence-corrected chi connectivity index (χ2v) is 6.53. The van der Waals surface area contributed by atoms with Gasteiger partial charge in [-0.1, -0.05) is 6.07 Å². The van der Waals surface area contributed by atoms with Gasteiger partial charge in [0.05, 0.1) is 16.1 Å². The molecular weight excluding hydrogens is 309 g/mol. The Labute approximate surface area is 127 Å². The molecule has 0 aliphatic carbocycles. The van der Waals surface area contributed by atoms with Crippen LogP contribution >= 0.6 is 0 Å². The molecule has 0 fully saturated rings. The van der Waals surface area contributed by atoms with Gasteiger partial charge in [-0.3, -0.25) is 4.72 Å². The molecule has 0 aliphatic heterocycles. The summed E-state index contributed by atoms with van der Waals surface area (Å²) in [5.41, 5.74) is 0.923. The van der Waals surface area contributed by atoms with Gasteiger partial charge in [-0.25, -0.2) is 17.6 Å². The van der Waals surface area contributed by atoms with Crippen LogP contribution in [-0.4, -0.2) is 19.5 Å². The first-order valence-electron chi connectivity index (χ1n) is 6.33. The zero-order chi connectivity index (χ0) is 16.5. The SMILES string of the molecule is Cc1cc(S(=O)(=O)Nc2cc(C(=O)O)ccc2C)ccc1F. The van der Waals surface area contributed by atoms with Crippen LogP contribution in [0.1, 0.15) is 21.5 Å². The molecule has 2 aromatic carbocycles. The van der Waals surface area contributed by atoms with Crippen molar-refractivity contribution in [1.82, 2.24) is 0 Å². The third-order valence-electron chi connectivity index (χ3n) is 3.17. The van der Waals surface area contributed by atoms with E-state index in [-0.39, 0.29) is 21.7 Å². The van der Waals surface area contributed by atoms with E-state index in [4.69, 9.17) is 5.11 Å². The maximum atomic E-state index is 13.2. The largest absolute Gasteiger partial charge is 0.478 e. The molecule has 0 spiro atoms. The van der Waals surface area contributed by atoms with Gasteiger partial charge in [-0.05, 0) is 55.3 Å². The van der Waals surface area contributed by atoms with Gasteiger partial charge >= 0.3 is 5.97 Å². The lowest BCUT2D eigenvalue weighted by atomic mass is 10.1. The molecule has 5 nitrogen and oxygen atoms in total. The molecular formula is C15H14FNO4S. The lowest BCUT2D eigenvalue weighted by Gasteiger charge is -2.12. The highest BCUT2D eigenvalue weighted by Gasteiger charge is 2.17. The number of sulfonamides is 1. The highest BCUT2D eigenvalue weighted by molar-refractivity contribution is 7.92. The van der Waals surface area contributed by atoms with E-state index < -0.39 is 21.8 Å². The molecule has 22 heavy (non-hydrogen) atoms. The average molecular weight is 323 g/mol. The van der Waals surface area contributed by atoms with E-state index in [2.05, 4.69) is 4.72 Å². The van der Waals surface area contributed by atoms with E-state index in [1.165, 1.54) is 31.2 Å². The third kappa shape index (κ3) is 3.25. The van der Waals surface area contributed by atoms with Crippen LogP contribution in [0.25, 0.3) is 0 Å². The average Bonchev–Trinajstić information content (AvgIpc) is 2.43. The van der Waals surface area contributed by atoms with E-state index >= 15 is 0 Å². The molecule has 2 rings (SSSR count). The molecule has 116 valence electrons. The highest BCUT2D eigenvalue weighted by atomic mass is 32.2. The summed E-state index contributed by atoms with van der Waals surface area (Å²) < 4.78 is 40.2. The Morgan fingerprint density at radius 3 is 2.36 bits per heavy atom. The molecule has 0 atom stereocenters. The number of carboxylic acids is 1. The summed E-state index contributed by atoms with van der Waals surface area (Å²) in [6.45, 7) is 3.12. The van der Waals surface area contributed by atoms with Crippen molar-refractivity contribution in [2.45, 2.75) is 18.7 Å². The zero-order valence-corrected chi connectivity index (χ0v) is 12.7. The number of anilines is 1. The van der Waals surface area contributed by atoms with E-state index in [0.717, 1.165) is 12.1 Å². The molecule has 0 unspecified atom stereocenters. The Morgan fingerprint density at radius 2 is 1.77 bits per heavy atom. The minimum atomic E-state index is -3.93. The van der Waals surface area contributed by atoms with Crippen molar-refractivity contribution in [1.29, 1.82) is 0 Å². The molecule has 0 aliphatic rings. The first kappa shape index (κ1) is 16.0. The third-order valence-corrected chi connectivity index (χ3v) is 4.53. The summed E-state index contributed by atoms with van der Waals surface area (Å²) in [4.78, 5) is 10.9. The fourth-order valence-corrected chi connectivity index (χ4v) is 3.06. The first-order valence-corrected chi connectivity index (χ1v) is 7.82. The fraction of sp³-hybridized carbons (Fsp3) is 0.133. The van der Waals surface area contributed by atoms with Gasteiger partial charge in [-0.15, -0.1) is 0 Å². The van der Waals surface area contributed by atoms with E-state index in [1.807, 2.05) is 0 Å². The number of carboxylic acid groups (broad SMARTS) is 1.